The summed E-state index contributed by atoms with van der Waals surface area (Å²) in [5.74, 6) is 2.36. The molecule has 158 valence electrons. The minimum Gasteiger partial charge on any atom is -0.391 e. The molecule has 0 aliphatic carbocycles. The number of hydrogen-bond donors (Lipinski definition) is 1. The van der Waals surface area contributed by atoms with Crippen LogP contribution in [-0.2, 0) is 6.54 Å². The molecule has 31 heavy (non-hydrogen) atoms. The second-order valence-electron chi connectivity index (χ2n) is 8.38. The van der Waals surface area contributed by atoms with E-state index < -0.39 is 6.10 Å². The van der Waals surface area contributed by atoms with Crippen LogP contribution in [0, 0.1) is 18.2 Å². The van der Waals surface area contributed by atoms with Crippen molar-refractivity contribution in [3.63, 3.8) is 0 Å². The molecule has 1 aliphatic rings. The van der Waals surface area contributed by atoms with Crippen molar-refractivity contribution in [3.05, 3.63) is 89.2 Å². The van der Waals surface area contributed by atoms with E-state index >= 15 is 4.39 Å². The summed E-state index contributed by atoms with van der Waals surface area (Å²) < 4.78 is 15.4. The minimum absolute atomic E-state index is 0.224. The smallest absolute Gasteiger partial charge is 0.129 e. The number of aliphatic hydroxyl groups is 1. The first-order valence-electron chi connectivity index (χ1n) is 10.5. The molecule has 3 aromatic rings. The Morgan fingerprint density at radius 3 is 2.52 bits per heavy atom. The van der Waals surface area contributed by atoms with Gasteiger partial charge in [0.25, 0.3) is 0 Å². The van der Waals surface area contributed by atoms with Crippen LogP contribution in [0.15, 0.2) is 66.7 Å². The van der Waals surface area contributed by atoms with E-state index in [9.17, 15) is 5.11 Å². The SMILES string of the molecule is C#Cc1ccc(N2C[C@H](O)C[C@@H]2c2ccc(-c3ccccc3CN(C)C)cc2F)cc1. The molecule has 0 spiro atoms. The molecule has 1 heterocycles. The molecule has 1 fully saturated rings. The molecule has 3 aromatic carbocycles. The Bertz CT molecular complexity index is 1100. The molecular weight excluding hydrogens is 387 g/mol. The van der Waals surface area contributed by atoms with E-state index in [-0.39, 0.29) is 11.9 Å². The Kier molecular flexibility index (Phi) is 6.08. The van der Waals surface area contributed by atoms with E-state index in [2.05, 4.69) is 21.8 Å². The number of nitrogens with zero attached hydrogens (tertiary/aromatic N) is 2. The topological polar surface area (TPSA) is 26.7 Å². The third-order valence-electron chi connectivity index (χ3n) is 5.82. The summed E-state index contributed by atoms with van der Waals surface area (Å²) in [6, 6.07) is 21.0. The first-order valence-corrected chi connectivity index (χ1v) is 10.5. The zero-order valence-corrected chi connectivity index (χ0v) is 17.9. The van der Waals surface area contributed by atoms with Gasteiger partial charge in [-0.2, -0.15) is 0 Å². The molecule has 2 atom stereocenters. The van der Waals surface area contributed by atoms with Crippen LogP contribution >= 0.6 is 0 Å². The fraction of sp³-hybridized carbons (Fsp3) is 0.259. The first kappa shape index (κ1) is 21.1. The molecule has 0 radical (unpaired) electrons. The average Bonchev–Trinajstić information content (AvgIpc) is 3.15. The van der Waals surface area contributed by atoms with Crippen molar-refractivity contribution in [3.8, 4) is 23.5 Å². The summed E-state index contributed by atoms with van der Waals surface area (Å²) in [5, 5.41) is 10.3. The number of halogens is 1. The van der Waals surface area contributed by atoms with E-state index in [1.165, 1.54) is 0 Å². The van der Waals surface area contributed by atoms with Crippen LogP contribution in [0.25, 0.3) is 11.1 Å². The number of rotatable bonds is 5. The van der Waals surface area contributed by atoms with Crippen molar-refractivity contribution in [1.29, 1.82) is 0 Å². The van der Waals surface area contributed by atoms with Crippen molar-refractivity contribution in [2.75, 3.05) is 25.5 Å². The predicted molar refractivity (Wildman–Crippen MR) is 124 cm³/mol. The van der Waals surface area contributed by atoms with Gasteiger partial charge in [-0.1, -0.05) is 42.3 Å². The van der Waals surface area contributed by atoms with Crippen LogP contribution in [0.4, 0.5) is 10.1 Å². The largest absolute Gasteiger partial charge is 0.391 e. The van der Waals surface area contributed by atoms with Crippen molar-refractivity contribution >= 4 is 5.69 Å². The van der Waals surface area contributed by atoms with Gasteiger partial charge in [-0.3, -0.25) is 0 Å². The quantitative estimate of drug-likeness (QED) is 0.605. The summed E-state index contributed by atoms with van der Waals surface area (Å²) in [4.78, 5) is 4.16. The summed E-state index contributed by atoms with van der Waals surface area (Å²) in [6.45, 7) is 1.25. The van der Waals surface area contributed by atoms with Crippen molar-refractivity contribution in [1.82, 2.24) is 4.90 Å². The van der Waals surface area contributed by atoms with Crippen molar-refractivity contribution in [2.45, 2.75) is 25.1 Å². The maximum atomic E-state index is 15.4. The van der Waals surface area contributed by atoms with E-state index in [1.54, 1.807) is 6.07 Å². The molecule has 4 rings (SSSR count). The zero-order chi connectivity index (χ0) is 22.0. The molecule has 0 saturated carbocycles. The fourth-order valence-corrected chi connectivity index (χ4v) is 4.39. The third kappa shape index (κ3) is 4.49. The Balaban J connectivity index is 1.67. The number of benzene rings is 3. The van der Waals surface area contributed by atoms with Crippen LogP contribution in [0.1, 0.15) is 29.2 Å². The van der Waals surface area contributed by atoms with Gasteiger partial charge in [0, 0.05) is 29.9 Å². The van der Waals surface area contributed by atoms with Gasteiger partial charge in [0.1, 0.15) is 5.82 Å². The van der Waals surface area contributed by atoms with Crippen LogP contribution in [0.2, 0.25) is 0 Å². The van der Waals surface area contributed by atoms with Gasteiger partial charge in [0.05, 0.1) is 12.1 Å². The Hall–Kier alpha value is -3.13. The van der Waals surface area contributed by atoms with Gasteiger partial charge in [-0.05, 0) is 67.5 Å². The van der Waals surface area contributed by atoms with Gasteiger partial charge in [0.15, 0.2) is 0 Å². The standard InChI is InChI=1S/C27H27FN2O/c1-4-19-9-12-22(13-10-19)30-18-23(31)16-27(30)25-14-11-20(15-26(25)28)24-8-6-5-7-21(24)17-29(2)3/h1,5-15,23,27,31H,16-18H2,2-3H3/t23-,27-/m1/s1. The highest BCUT2D eigenvalue weighted by atomic mass is 19.1. The van der Waals surface area contributed by atoms with Crippen LogP contribution in [0.5, 0.6) is 0 Å². The van der Waals surface area contributed by atoms with E-state index in [0.29, 0.717) is 18.5 Å². The molecule has 1 saturated heterocycles. The summed E-state index contributed by atoms with van der Waals surface area (Å²) in [5.41, 5.74) is 5.39. The molecule has 1 aliphatic heterocycles. The molecule has 0 amide bonds. The highest BCUT2D eigenvalue weighted by Gasteiger charge is 2.34. The highest BCUT2D eigenvalue weighted by molar-refractivity contribution is 5.68. The number of hydrogen-bond acceptors (Lipinski definition) is 3. The lowest BCUT2D eigenvalue weighted by Crippen LogP contribution is -2.24. The second kappa shape index (κ2) is 8.93. The highest BCUT2D eigenvalue weighted by Crippen LogP contribution is 2.38. The molecule has 1 N–H and O–H groups in total. The molecule has 0 aromatic heterocycles. The second-order valence-corrected chi connectivity index (χ2v) is 8.38. The summed E-state index contributed by atoms with van der Waals surface area (Å²) >= 11 is 0. The maximum Gasteiger partial charge on any atom is 0.129 e. The monoisotopic (exact) mass is 414 g/mol. The Morgan fingerprint density at radius 1 is 1.10 bits per heavy atom. The lowest BCUT2D eigenvalue weighted by atomic mass is 9.95. The summed E-state index contributed by atoms with van der Waals surface area (Å²) in [7, 11) is 4.05. The number of β-amino-alcohol motifs (C(OH)–C–C–N with tert-alkyl or cyclic N) is 1. The third-order valence-corrected chi connectivity index (χ3v) is 5.82. The fourth-order valence-electron chi connectivity index (χ4n) is 4.39. The lowest BCUT2D eigenvalue weighted by Gasteiger charge is -2.27. The van der Waals surface area contributed by atoms with Gasteiger partial charge in [-0.25, -0.2) is 4.39 Å². The van der Waals surface area contributed by atoms with Crippen LogP contribution < -0.4 is 4.90 Å². The van der Waals surface area contributed by atoms with Gasteiger partial charge < -0.3 is 14.9 Å². The van der Waals surface area contributed by atoms with Crippen LogP contribution in [0.3, 0.4) is 0 Å². The molecule has 4 heteroatoms. The average molecular weight is 415 g/mol. The minimum atomic E-state index is -0.503. The van der Waals surface area contributed by atoms with E-state index in [0.717, 1.165) is 34.5 Å². The van der Waals surface area contributed by atoms with E-state index in [1.807, 2.05) is 68.7 Å². The zero-order valence-electron chi connectivity index (χ0n) is 17.9. The normalized spacial score (nSPS) is 18.4. The first-order chi connectivity index (χ1) is 15.0. The number of anilines is 1. The molecule has 0 unspecified atom stereocenters. The van der Waals surface area contributed by atoms with E-state index in [4.69, 9.17) is 6.42 Å². The molecule has 0 bridgehead atoms. The summed E-state index contributed by atoms with van der Waals surface area (Å²) in [6.07, 6.45) is 5.44. The van der Waals surface area contributed by atoms with Gasteiger partial charge in [-0.15, -0.1) is 6.42 Å². The maximum absolute atomic E-state index is 15.4. The molecular formula is C27H27FN2O. The van der Waals surface area contributed by atoms with Crippen molar-refractivity contribution in [2.24, 2.45) is 0 Å². The predicted octanol–water partition coefficient (Wildman–Crippen LogP) is 4.85. The number of terminal acetylenes is 1. The van der Waals surface area contributed by atoms with Gasteiger partial charge in [0.2, 0.25) is 0 Å². The van der Waals surface area contributed by atoms with Crippen LogP contribution in [-0.4, -0.2) is 36.8 Å². The Morgan fingerprint density at radius 2 is 1.84 bits per heavy atom. The Labute approximate surface area is 183 Å². The van der Waals surface area contributed by atoms with Gasteiger partial charge >= 0.3 is 0 Å². The van der Waals surface area contributed by atoms with Crippen molar-refractivity contribution < 1.29 is 9.50 Å². The molecule has 3 nitrogen and oxygen atoms in total. The lowest BCUT2D eigenvalue weighted by molar-refractivity contribution is 0.194. The number of aliphatic hydroxyl groups excluding tert-OH is 1.